The van der Waals surface area contributed by atoms with Crippen molar-refractivity contribution in [1.82, 2.24) is 29.4 Å². The summed E-state index contributed by atoms with van der Waals surface area (Å²) in [6, 6.07) is 4.42. The van der Waals surface area contributed by atoms with Gasteiger partial charge in [-0.3, -0.25) is 9.78 Å². The van der Waals surface area contributed by atoms with E-state index in [1.54, 1.807) is 6.20 Å². The van der Waals surface area contributed by atoms with Crippen molar-refractivity contribution < 1.29 is 4.79 Å². The molecule has 3 aromatic heterocycles. The van der Waals surface area contributed by atoms with Gasteiger partial charge >= 0.3 is 0 Å². The van der Waals surface area contributed by atoms with E-state index in [4.69, 9.17) is 15.0 Å². The van der Waals surface area contributed by atoms with Crippen LogP contribution in [0.1, 0.15) is 63.0 Å². The summed E-state index contributed by atoms with van der Waals surface area (Å²) < 4.78 is 2.24. The topological polar surface area (TPSA) is 101 Å². The normalized spacial score (nSPS) is 17.1. The van der Waals surface area contributed by atoms with Gasteiger partial charge in [-0.25, -0.2) is 4.98 Å². The Balaban J connectivity index is 1.34. The molecule has 174 valence electrons. The molecule has 0 spiro atoms. The number of hydrogen-bond acceptors (Lipinski definition) is 7. The summed E-state index contributed by atoms with van der Waals surface area (Å²) in [6.45, 7) is 2.99. The van der Waals surface area contributed by atoms with Gasteiger partial charge < -0.3 is 20.1 Å². The van der Waals surface area contributed by atoms with Crippen LogP contribution in [0.5, 0.6) is 0 Å². The number of carbonyl (C=O) groups is 1. The Morgan fingerprint density at radius 3 is 2.79 bits per heavy atom. The van der Waals surface area contributed by atoms with E-state index >= 15 is 0 Å². The fraction of sp³-hybridized carbons (Fsp3) is 0.542. The number of anilines is 2. The predicted molar refractivity (Wildman–Crippen MR) is 128 cm³/mol. The molecule has 2 N–H and O–H groups in total. The van der Waals surface area contributed by atoms with Crippen molar-refractivity contribution in [2.45, 2.75) is 64.0 Å². The van der Waals surface area contributed by atoms with Crippen LogP contribution in [0, 0.1) is 0 Å². The lowest BCUT2D eigenvalue weighted by molar-refractivity contribution is -0.127. The molecule has 0 aromatic carbocycles. The molecule has 1 amide bonds. The molecule has 9 heteroatoms. The SMILES string of the molecule is O=C1CCCN1CCCNc1nc(NCc2cccnc2)c2ncn(C3CCCCC3)c2n1. The second-order valence-electron chi connectivity index (χ2n) is 8.99. The van der Waals surface area contributed by atoms with Crippen molar-refractivity contribution in [1.29, 1.82) is 0 Å². The van der Waals surface area contributed by atoms with Crippen molar-refractivity contribution in [3.63, 3.8) is 0 Å². The van der Waals surface area contributed by atoms with Crippen LogP contribution in [0.25, 0.3) is 11.2 Å². The van der Waals surface area contributed by atoms with Crippen LogP contribution in [-0.2, 0) is 11.3 Å². The molecule has 1 aliphatic carbocycles. The first-order valence-corrected chi connectivity index (χ1v) is 12.2. The molecule has 5 rings (SSSR count). The summed E-state index contributed by atoms with van der Waals surface area (Å²) in [6.07, 6.45) is 14.2. The number of imidazole rings is 1. The zero-order chi connectivity index (χ0) is 22.5. The van der Waals surface area contributed by atoms with E-state index in [-0.39, 0.29) is 5.91 Å². The van der Waals surface area contributed by atoms with Gasteiger partial charge in [0.1, 0.15) is 0 Å². The average molecular weight is 449 g/mol. The lowest BCUT2D eigenvalue weighted by Gasteiger charge is -2.23. The quantitative estimate of drug-likeness (QED) is 0.481. The van der Waals surface area contributed by atoms with E-state index in [0.717, 1.165) is 55.0 Å². The zero-order valence-electron chi connectivity index (χ0n) is 19.0. The van der Waals surface area contributed by atoms with E-state index in [2.05, 4.69) is 20.2 Å². The number of nitrogens with zero attached hydrogens (tertiary/aromatic N) is 6. The Hall–Kier alpha value is -3.23. The summed E-state index contributed by atoms with van der Waals surface area (Å²) >= 11 is 0. The Kier molecular flexibility index (Phi) is 6.64. The first-order chi connectivity index (χ1) is 16.3. The van der Waals surface area contributed by atoms with Gasteiger partial charge in [0.05, 0.1) is 6.33 Å². The van der Waals surface area contributed by atoms with E-state index in [1.807, 2.05) is 29.6 Å². The summed E-state index contributed by atoms with van der Waals surface area (Å²) in [4.78, 5) is 32.3. The molecular weight excluding hydrogens is 416 g/mol. The van der Waals surface area contributed by atoms with Gasteiger partial charge in [-0.2, -0.15) is 9.97 Å². The van der Waals surface area contributed by atoms with Gasteiger partial charge in [0.15, 0.2) is 17.0 Å². The summed E-state index contributed by atoms with van der Waals surface area (Å²) in [5.74, 6) is 1.60. The highest BCUT2D eigenvalue weighted by molar-refractivity contribution is 5.84. The van der Waals surface area contributed by atoms with E-state index in [0.29, 0.717) is 25.0 Å². The van der Waals surface area contributed by atoms with Crippen molar-refractivity contribution >= 4 is 28.8 Å². The molecule has 1 saturated carbocycles. The molecule has 2 aliphatic rings. The van der Waals surface area contributed by atoms with Crippen molar-refractivity contribution in [3.8, 4) is 0 Å². The molecule has 9 nitrogen and oxygen atoms in total. The Morgan fingerprint density at radius 1 is 1.09 bits per heavy atom. The fourth-order valence-corrected chi connectivity index (χ4v) is 4.84. The molecule has 0 radical (unpaired) electrons. The number of carbonyl (C=O) groups excluding carboxylic acids is 1. The second kappa shape index (κ2) is 10.1. The lowest BCUT2D eigenvalue weighted by atomic mass is 9.95. The minimum atomic E-state index is 0.269. The maximum Gasteiger partial charge on any atom is 0.226 e. The molecule has 0 unspecified atom stereocenters. The van der Waals surface area contributed by atoms with Gasteiger partial charge in [0.25, 0.3) is 0 Å². The van der Waals surface area contributed by atoms with E-state index in [9.17, 15) is 4.79 Å². The third kappa shape index (κ3) is 5.07. The maximum atomic E-state index is 11.8. The predicted octanol–water partition coefficient (Wildman–Crippen LogP) is 3.76. The fourth-order valence-electron chi connectivity index (χ4n) is 4.84. The highest BCUT2D eigenvalue weighted by atomic mass is 16.2. The third-order valence-electron chi connectivity index (χ3n) is 6.63. The third-order valence-corrected chi connectivity index (χ3v) is 6.63. The molecule has 0 atom stereocenters. The Bertz CT molecular complexity index is 1080. The van der Waals surface area contributed by atoms with Crippen LogP contribution in [-0.4, -0.2) is 54.9 Å². The minimum Gasteiger partial charge on any atom is -0.364 e. The monoisotopic (exact) mass is 448 g/mol. The molecule has 0 bridgehead atoms. The van der Waals surface area contributed by atoms with Crippen LogP contribution in [0.15, 0.2) is 30.9 Å². The largest absolute Gasteiger partial charge is 0.364 e. The standard InChI is InChI=1S/C24H32N8O/c33-20-10-5-13-31(20)14-6-12-26-24-29-22(27-16-18-7-4-11-25-15-18)21-23(30-24)32(17-28-21)19-8-2-1-3-9-19/h4,7,11,15,17,19H,1-3,5-6,8-10,12-14,16H2,(H2,26,27,29,30). The van der Waals surface area contributed by atoms with Crippen molar-refractivity contribution in [3.05, 3.63) is 36.4 Å². The van der Waals surface area contributed by atoms with E-state index in [1.165, 1.54) is 32.1 Å². The van der Waals surface area contributed by atoms with Crippen molar-refractivity contribution in [2.75, 3.05) is 30.3 Å². The number of hydrogen-bond donors (Lipinski definition) is 2. The number of amides is 1. The smallest absolute Gasteiger partial charge is 0.226 e. The first kappa shape index (κ1) is 21.6. The lowest BCUT2D eigenvalue weighted by Crippen LogP contribution is -2.27. The van der Waals surface area contributed by atoms with Crippen LogP contribution in [0.2, 0.25) is 0 Å². The average Bonchev–Trinajstić information content (AvgIpc) is 3.47. The summed E-state index contributed by atoms with van der Waals surface area (Å²) in [5, 5.41) is 6.82. The number of fused-ring (bicyclic) bond motifs is 1. The van der Waals surface area contributed by atoms with Gasteiger partial charge in [0.2, 0.25) is 11.9 Å². The molecule has 4 heterocycles. The van der Waals surface area contributed by atoms with Crippen molar-refractivity contribution in [2.24, 2.45) is 0 Å². The van der Waals surface area contributed by atoms with Gasteiger partial charge in [-0.1, -0.05) is 25.3 Å². The Morgan fingerprint density at radius 2 is 2.00 bits per heavy atom. The molecule has 2 fully saturated rings. The van der Waals surface area contributed by atoms with Crippen LogP contribution in [0.3, 0.4) is 0 Å². The number of likely N-dealkylation sites (tertiary alicyclic amines) is 1. The highest BCUT2D eigenvalue weighted by Gasteiger charge is 2.21. The minimum absolute atomic E-state index is 0.269. The molecular formula is C24H32N8O. The first-order valence-electron chi connectivity index (χ1n) is 12.2. The molecule has 33 heavy (non-hydrogen) atoms. The van der Waals surface area contributed by atoms with Gasteiger partial charge in [0, 0.05) is 51.0 Å². The Labute approximate surface area is 194 Å². The molecule has 1 saturated heterocycles. The van der Waals surface area contributed by atoms with Crippen LogP contribution < -0.4 is 10.6 Å². The van der Waals surface area contributed by atoms with Gasteiger partial charge in [-0.15, -0.1) is 0 Å². The number of pyridine rings is 1. The maximum absolute atomic E-state index is 11.8. The number of aromatic nitrogens is 5. The summed E-state index contributed by atoms with van der Waals surface area (Å²) in [7, 11) is 0. The molecule has 3 aromatic rings. The van der Waals surface area contributed by atoms with E-state index < -0.39 is 0 Å². The van der Waals surface area contributed by atoms with Gasteiger partial charge in [-0.05, 0) is 37.3 Å². The van der Waals surface area contributed by atoms with Crippen LogP contribution >= 0.6 is 0 Å². The highest BCUT2D eigenvalue weighted by Crippen LogP contribution is 2.32. The summed E-state index contributed by atoms with van der Waals surface area (Å²) in [5.41, 5.74) is 2.77. The van der Waals surface area contributed by atoms with Crippen LogP contribution in [0.4, 0.5) is 11.8 Å². The number of rotatable bonds is 9. The zero-order valence-corrected chi connectivity index (χ0v) is 19.0. The molecule has 1 aliphatic heterocycles. The second-order valence-corrected chi connectivity index (χ2v) is 8.99. The number of nitrogens with one attached hydrogen (secondary N) is 2.